The minimum Gasteiger partial charge on any atom is -0.378 e. The zero-order chi connectivity index (χ0) is 22.7. The van der Waals surface area contributed by atoms with Crippen LogP contribution in [0.4, 0.5) is 10.5 Å². The Kier molecular flexibility index (Phi) is 5.97. The topological polar surface area (TPSA) is 55.9 Å². The van der Waals surface area contributed by atoms with Crippen LogP contribution in [-0.4, -0.2) is 49.5 Å². The zero-order valence-corrected chi connectivity index (χ0v) is 18.7. The van der Waals surface area contributed by atoms with E-state index in [1.165, 1.54) is 4.90 Å². The molecule has 1 heterocycles. The second-order valence-electron chi connectivity index (χ2n) is 8.36. The van der Waals surface area contributed by atoms with Crippen LogP contribution in [0.2, 0.25) is 0 Å². The van der Waals surface area contributed by atoms with E-state index in [-0.39, 0.29) is 12.6 Å². The summed E-state index contributed by atoms with van der Waals surface area (Å²) in [5.74, 6) is -0.269. The van der Waals surface area contributed by atoms with E-state index in [2.05, 4.69) is 29.6 Å². The Morgan fingerprint density at radius 2 is 1.31 bits per heavy atom. The molecule has 1 aliphatic rings. The summed E-state index contributed by atoms with van der Waals surface area (Å²) >= 11 is 0. The summed E-state index contributed by atoms with van der Waals surface area (Å²) in [5.41, 5.74) is 2.50. The Bertz CT molecular complexity index is 1040. The van der Waals surface area contributed by atoms with Crippen molar-refractivity contribution in [1.82, 2.24) is 15.1 Å². The van der Waals surface area contributed by atoms with Gasteiger partial charge in [0.15, 0.2) is 5.54 Å². The molecule has 0 spiro atoms. The minimum atomic E-state index is -1.23. The molecular formula is C26H28N4O2. The molecule has 0 aromatic heterocycles. The molecule has 1 saturated heterocycles. The van der Waals surface area contributed by atoms with Crippen LogP contribution in [0.3, 0.4) is 0 Å². The van der Waals surface area contributed by atoms with Crippen LogP contribution in [0.15, 0.2) is 84.9 Å². The van der Waals surface area contributed by atoms with Crippen molar-refractivity contribution in [3.05, 3.63) is 102 Å². The number of imide groups is 1. The van der Waals surface area contributed by atoms with E-state index >= 15 is 0 Å². The van der Waals surface area contributed by atoms with Crippen LogP contribution in [-0.2, 0) is 16.9 Å². The number of hydrogen-bond acceptors (Lipinski definition) is 4. The smallest absolute Gasteiger partial charge is 0.326 e. The highest BCUT2D eigenvalue weighted by Gasteiger charge is 2.53. The van der Waals surface area contributed by atoms with Crippen LogP contribution in [0.1, 0.15) is 16.7 Å². The van der Waals surface area contributed by atoms with E-state index < -0.39 is 11.6 Å². The molecule has 6 heteroatoms. The molecular weight excluding hydrogens is 400 g/mol. The summed E-state index contributed by atoms with van der Waals surface area (Å²) in [7, 11) is 5.92. The van der Waals surface area contributed by atoms with Gasteiger partial charge in [-0.1, -0.05) is 72.8 Å². The first-order valence-corrected chi connectivity index (χ1v) is 10.6. The first kappa shape index (κ1) is 21.6. The third-order valence-electron chi connectivity index (χ3n) is 5.81. The lowest BCUT2D eigenvalue weighted by atomic mass is 9.83. The van der Waals surface area contributed by atoms with E-state index in [0.717, 1.165) is 22.4 Å². The maximum atomic E-state index is 13.8. The van der Waals surface area contributed by atoms with Crippen molar-refractivity contribution >= 4 is 17.6 Å². The van der Waals surface area contributed by atoms with Crippen molar-refractivity contribution in [2.24, 2.45) is 0 Å². The van der Waals surface area contributed by atoms with Gasteiger partial charge in [-0.3, -0.25) is 9.69 Å². The van der Waals surface area contributed by atoms with Gasteiger partial charge in [0.05, 0.1) is 6.67 Å². The third kappa shape index (κ3) is 3.97. The van der Waals surface area contributed by atoms with E-state index in [0.29, 0.717) is 6.54 Å². The van der Waals surface area contributed by atoms with E-state index in [9.17, 15) is 9.59 Å². The highest BCUT2D eigenvalue weighted by molar-refractivity contribution is 6.09. The third-order valence-corrected chi connectivity index (χ3v) is 5.81. The molecule has 32 heavy (non-hydrogen) atoms. The molecule has 0 radical (unpaired) electrons. The predicted octanol–water partition coefficient (Wildman–Crippen LogP) is 3.64. The minimum absolute atomic E-state index is 0.196. The van der Waals surface area contributed by atoms with Crippen LogP contribution in [0, 0.1) is 0 Å². The number of benzene rings is 3. The van der Waals surface area contributed by atoms with Crippen LogP contribution < -0.4 is 10.2 Å². The molecule has 1 aliphatic heterocycles. The number of carbonyl (C=O) groups excluding carboxylic acids is 2. The van der Waals surface area contributed by atoms with Crippen molar-refractivity contribution in [2.75, 3.05) is 32.7 Å². The molecule has 164 valence electrons. The fourth-order valence-electron chi connectivity index (χ4n) is 4.14. The van der Waals surface area contributed by atoms with Crippen LogP contribution in [0.5, 0.6) is 0 Å². The largest absolute Gasteiger partial charge is 0.378 e. The van der Waals surface area contributed by atoms with E-state index in [1.807, 2.05) is 91.6 Å². The number of carbonyl (C=O) groups is 2. The molecule has 0 unspecified atom stereocenters. The highest BCUT2D eigenvalue weighted by atomic mass is 16.2. The molecule has 4 rings (SSSR count). The van der Waals surface area contributed by atoms with E-state index in [4.69, 9.17) is 0 Å². The zero-order valence-electron chi connectivity index (χ0n) is 18.7. The summed E-state index contributed by atoms with van der Waals surface area (Å²) in [5, 5.41) is 2.99. The highest BCUT2D eigenvalue weighted by Crippen LogP contribution is 2.36. The lowest BCUT2D eigenvalue weighted by Gasteiger charge is -2.28. The Balaban J connectivity index is 1.58. The molecule has 0 bridgehead atoms. The van der Waals surface area contributed by atoms with Gasteiger partial charge in [0.25, 0.3) is 5.91 Å². The Morgan fingerprint density at radius 3 is 1.81 bits per heavy atom. The monoisotopic (exact) mass is 428 g/mol. The van der Waals surface area contributed by atoms with Gasteiger partial charge in [0.1, 0.15) is 0 Å². The second kappa shape index (κ2) is 8.85. The van der Waals surface area contributed by atoms with Gasteiger partial charge >= 0.3 is 6.03 Å². The Morgan fingerprint density at radius 1 is 0.781 bits per heavy atom. The van der Waals surface area contributed by atoms with Crippen molar-refractivity contribution in [3.63, 3.8) is 0 Å². The Hall–Kier alpha value is -3.64. The fraction of sp³-hybridized carbons (Fsp3) is 0.231. The summed E-state index contributed by atoms with van der Waals surface area (Å²) in [6, 6.07) is 26.7. The summed E-state index contributed by atoms with van der Waals surface area (Å²) in [6.45, 7) is 0.815. The number of anilines is 1. The SMILES string of the molecule is CN(Cc1ccc(N(C)C)cc1)CN1C(=O)NC(c2ccccc2)(c2ccccc2)C1=O. The Labute approximate surface area is 189 Å². The van der Waals surface area contributed by atoms with E-state index in [1.54, 1.807) is 0 Å². The number of amides is 3. The lowest BCUT2D eigenvalue weighted by molar-refractivity contribution is -0.131. The van der Waals surface area contributed by atoms with Crippen LogP contribution >= 0.6 is 0 Å². The van der Waals surface area contributed by atoms with Crippen LogP contribution in [0.25, 0.3) is 0 Å². The van der Waals surface area contributed by atoms with Gasteiger partial charge in [-0.05, 0) is 35.9 Å². The molecule has 0 saturated carbocycles. The molecule has 0 atom stereocenters. The van der Waals surface area contributed by atoms with Gasteiger partial charge in [-0.25, -0.2) is 9.69 Å². The molecule has 3 aromatic rings. The van der Waals surface area contributed by atoms with Gasteiger partial charge in [-0.2, -0.15) is 0 Å². The average molecular weight is 429 g/mol. The van der Waals surface area contributed by atoms with Crippen molar-refractivity contribution in [2.45, 2.75) is 12.1 Å². The normalized spacial score (nSPS) is 15.2. The maximum absolute atomic E-state index is 13.8. The number of urea groups is 1. The maximum Gasteiger partial charge on any atom is 0.326 e. The fourth-order valence-corrected chi connectivity index (χ4v) is 4.14. The summed E-state index contributed by atoms with van der Waals surface area (Å²) in [4.78, 5) is 32.1. The standard InChI is InChI=1S/C26H28N4O2/c1-28(2)23-16-14-20(15-17-23)18-29(3)19-30-24(31)26(27-25(30)32,21-10-6-4-7-11-21)22-12-8-5-9-13-22/h4-17H,18-19H2,1-3H3,(H,27,32). The first-order chi connectivity index (χ1) is 15.4. The van der Waals surface area contributed by atoms with Crippen molar-refractivity contribution < 1.29 is 9.59 Å². The molecule has 6 nitrogen and oxygen atoms in total. The lowest BCUT2D eigenvalue weighted by Crippen LogP contribution is -2.46. The van der Waals surface area contributed by atoms with Crippen molar-refractivity contribution in [3.8, 4) is 0 Å². The summed E-state index contributed by atoms with van der Waals surface area (Å²) < 4.78 is 0. The summed E-state index contributed by atoms with van der Waals surface area (Å²) in [6.07, 6.45) is 0. The van der Waals surface area contributed by atoms with Gasteiger partial charge in [-0.15, -0.1) is 0 Å². The number of nitrogens with one attached hydrogen (secondary N) is 1. The number of nitrogens with zero attached hydrogens (tertiary/aromatic N) is 3. The molecule has 3 amide bonds. The molecule has 0 aliphatic carbocycles. The van der Waals surface area contributed by atoms with Gasteiger partial charge < -0.3 is 10.2 Å². The van der Waals surface area contributed by atoms with Gasteiger partial charge in [0.2, 0.25) is 0 Å². The number of rotatable bonds is 7. The second-order valence-corrected chi connectivity index (χ2v) is 8.36. The van der Waals surface area contributed by atoms with Crippen molar-refractivity contribution in [1.29, 1.82) is 0 Å². The quantitative estimate of drug-likeness (QED) is 0.584. The molecule has 3 aromatic carbocycles. The average Bonchev–Trinajstić information content (AvgIpc) is 3.06. The molecule has 1 N–H and O–H groups in total. The molecule has 1 fully saturated rings. The van der Waals surface area contributed by atoms with Gasteiger partial charge in [0, 0.05) is 26.3 Å². The number of hydrogen-bond donors (Lipinski definition) is 1. The predicted molar refractivity (Wildman–Crippen MR) is 126 cm³/mol. The first-order valence-electron chi connectivity index (χ1n) is 10.6.